The Morgan fingerprint density at radius 3 is 2.57 bits per heavy atom. The van der Waals surface area contributed by atoms with Gasteiger partial charge in [-0.05, 0) is 50.6 Å². The molecule has 144 valence electrons. The summed E-state index contributed by atoms with van der Waals surface area (Å²) in [6, 6.07) is 13.8. The molecule has 0 radical (unpaired) electrons. The van der Waals surface area contributed by atoms with Gasteiger partial charge in [-0.15, -0.1) is 0 Å². The van der Waals surface area contributed by atoms with Crippen molar-refractivity contribution in [2.45, 2.75) is 26.8 Å². The molecule has 2 aromatic carbocycles. The lowest BCUT2D eigenvalue weighted by molar-refractivity contribution is 0.0940. The van der Waals surface area contributed by atoms with Crippen LogP contribution < -0.4 is 10.6 Å². The highest BCUT2D eigenvalue weighted by molar-refractivity contribution is 6.30. The second-order valence-electron chi connectivity index (χ2n) is 6.70. The predicted molar refractivity (Wildman–Crippen MR) is 109 cm³/mol. The first-order valence-corrected chi connectivity index (χ1v) is 9.17. The number of carbonyl (C=O) groups excluding carboxylic acids is 2. The number of aryl methyl sites for hydroxylation is 1. The van der Waals surface area contributed by atoms with Crippen LogP contribution in [0.15, 0.2) is 53.1 Å². The topological polar surface area (TPSA) is 84.2 Å². The maximum atomic E-state index is 12.5. The second-order valence-corrected chi connectivity index (χ2v) is 7.14. The second kappa shape index (κ2) is 8.27. The van der Waals surface area contributed by atoms with Crippen molar-refractivity contribution in [3.63, 3.8) is 0 Å². The van der Waals surface area contributed by atoms with E-state index in [1.807, 2.05) is 26.8 Å². The predicted octanol–water partition coefficient (Wildman–Crippen LogP) is 4.69. The molecule has 1 aromatic heterocycles. The van der Waals surface area contributed by atoms with Gasteiger partial charge in [0.15, 0.2) is 0 Å². The summed E-state index contributed by atoms with van der Waals surface area (Å²) in [5.74, 6) is -0.588. The number of halogens is 1. The van der Waals surface area contributed by atoms with Crippen LogP contribution in [0.5, 0.6) is 0 Å². The first-order chi connectivity index (χ1) is 13.3. The Morgan fingerprint density at radius 2 is 1.86 bits per heavy atom. The maximum absolute atomic E-state index is 12.5. The number of hydrogen-bond acceptors (Lipinski definition) is 4. The lowest BCUT2D eigenvalue weighted by atomic mass is 10.1. The molecule has 0 aliphatic heterocycles. The van der Waals surface area contributed by atoms with Gasteiger partial charge in [0.1, 0.15) is 5.69 Å². The fraction of sp³-hybridized carbons (Fsp3) is 0.190. The fourth-order valence-electron chi connectivity index (χ4n) is 2.64. The minimum atomic E-state index is -0.458. The Balaban J connectivity index is 1.77. The van der Waals surface area contributed by atoms with E-state index in [1.54, 1.807) is 42.5 Å². The molecule has 0 atom stereocenters. The molecular formula is C21H20ClN3O3. The molecule has 0 saturated heterocycles. The number of carbonyl (C=O) groups is 2. The van der Waals surface area contributed by atoms with Crippen LogP contribution in [0, 0.1) is 6.92 Å². The van der Waals surface area contributed by atoms with E-state index in [4.69, 9.17) is 16.1 Å². The summed E-state index contributed by atoms with van der Waals surface area (Å²) in [5, 5.41) is 10.1. The number of anilines is 1. The lowest BCUT2D eigenvalue weighted by Gasteiger charge is -2.12. The first kappa shape index (κ1) is 19.6. The summed E-state index contributed by atoms with van der Waals surface area (Å²) in [6.07, 6.45) is 0. The van der Waals surface area contributed by atoms with Gasteiger partial charge in [0.25, 0.3) is 11.8 Å². The van der Waals surface area contributed by atoms with Crippen LogP contribution in [0.3, 0.4) is 0 Å². The average molecular weight is 398 g/mol. The Hall–Kier alpha value is -3.12. The average Bonchev–Trinajstić information content (AvgIpc) is 3.13. The minimum absolute atomic E-state index is 0.0178. The zero-order chi connectivity index (χ0) is 20.3. The SMILES string of the molecule is Cc1ccc(NC(=O)c2cc(-c3cccc(Cl)c3)no2)cc1C(=O)NC(C)C. The number of nitrogens with zero attached hydrogens (tertiary/aromatic N) is 1. The molecule has 7 heteroatoms. The number of nitrogens with one attached hydrogen (secondary N) is 2. The van der Waals surface area contributed by atoms with Crippen LogP contribution in [0.25, 0.3) is 11.3 Å². The zero-order valence-electron chi connectivity index (χ0n) is 15.7. The third-order valence-electron chi connectivity index (χ3n) is 4.01. The number of benzene rings is 2. The van der Waals surface area contributed by atoms with Crippen molar-refractivity contribution in [1.29, 1.82) is 0 Å². The van der Waals surface area contributed by atoms with E-state index >= 15 is 0 Å². The number of amides is 2. The van der Waals surface area contributed by atoms with Gasteiger partial charge in [-0.25, -0.2) is 0 Å². The van der Waals surface area contributed by atoms with Crippen LogP contribution in [0.1, 0.15) is 40.3 Å². The number of hydrogen-bond donors (Lipinski definition) is 2. The van der Waals surface area contributed by atoms with Gasteiger partial charge >= 0.3 is 0 Å². The summed E-state index contributed by atoms with van der Waals surface area (Å²) >= 11 is 5.99. The van der Waals surface area contributed by atoms with Crippen LogP contribution in [-0.4, -0.2) is 23.0 Å². The van der Waals surface area contributed by atoms with Crippen molar-refractivity contribution in [2.75, 3.05) is 5.32 Å². The van der Waals surface area contributed by atoms with Gasteiger partial charge in [0, 0.05) is 33.9 Å². The highest BCUT2D eigenvalue weighted by Crippen LogP contribution is 2.23. The summed E-state index contributed by atoms with van der Waals surface area (Å²) in [4.78, 5) is 24.8. The standard InChI is InChI=1S/C21H20ClN3O3/c1-12(2)23-20(26)17-10-16(8-7-13(17)3)24-21(27)19-11-18(25-28-19)14-5-4-6-15(22)9-14/h4-12H,1-3H3,(H,23,26)(H,24,27). The summed E-state index contributed by atoms with van der Waals surface area (Å²) in [6.45, 7) is 5.62. The third-order valence-corrected chi connectivity index (χ3v) is 4.25. The van der Waals surface area contributed by atoms with Crippen molar-refractivity contribution in [3.8, 4) is 11.3 Å². The molecule has 0 unspecified atom stereocenters. The third kappa shape index (κ3) is 4.58. The molecule has 28 heavy (non-hydrogen) atoms. The molecule has 0 bridgehead atoms. The lowest BCUT2D eigenvalue weighted by Crippen LogP contribution is -2.30. The van der Waals surface area contributed by atoms with E-state index in [0.29, 0.717) is 22.0 Å². The van der Waals surface area contributed by atoms with Crippen molar-refractivity contribution < 1.29 is 14.1 Å². The smallest absolute Gasteiger partial charge is 0.294 e. The molecule has 3 rings (SSSR count). The number of aromatic nitrogens is 1. The van der Waals surface area contributed by atoms with E-state index < -0.39 is 5.91 Å². The quantitative estimate of drug-likeness (QED) is 0.653. The Labute approximate surface area is 167 Å². The van der Waals surface area contributed by atoms with E-state index in [0.717, 1.165) is 11.1 Å². The molecule has 2 N–H and O–H groups in total. The molecule has 0 spiro atoms. The zero-order valence-corrected chi connectivity index (χ0v) is 16.5. The van der Waals surface area contributed by atoms with Crippen LogP contribution in [0.2, 0.25) is 5.02 Å². The van der Waals surface area contributed by atoms with Gasteiger partial charge in [-0.3, -0.25) is 9.59 Å². The van der Waals surface area contributed by atoms with E-state index in [1.165, 1.54) is 0 Å². The monoisotopic (exact) mass is 397 g/mol. The molecule has 0 aliphatic rings. The molecule has 0 saturated carbocycles. The van der Waals surface area contributed by atoms with E-state index in [-0.39, 0.29) is 17.7 Å². The maximum Gasteiger partial charge on any atom is 0.294 e. The summed E-state index contributed by atoms with van der Waals surface area (Å²) in [5.41, 5.74) is 3.07. The Morgan fingerprint density at radius 1 is 1.07 bits per heavy atom. The molecule has 3 aromatic rings. The van der Waals surface area contributed by atoms with Crippen molar-refractivity contribution in [1.82, 2.24) is 10.5 Å². The van der Waals surface area contributed by atoms with Crippen molar-refractivity contribution >= 4 is 29.1 Å². The van der Waals surface area contributed by atoms with Crippen LogP contribution in [-0.2, 0) is 0 Å². The largest absolute Gasteiger partial charge is 0.350 e. The molecule has 6 nitrogen and oxygen atoms in total. The van der Waals surface area contributed by atoms with E-state index in [9.17, 15) is 9.59 Å². The first-order valence-electron chi connectivity index (χ1n) is 8.79. The molecular weight excluding hydrogens is 378 g/mol. The molecule has 1 heterocycles. The molecule has 0 fully saturated rings. The highest BCUT2D eigenvalue weighted by atomic mass is 35.5. The van der Waals surface area contributed by atoms with Crippen molar-refractivity contribution in [3.05, 3.63) is 70.4 Å². The van der Waals surface area contributed by atoms with Gasteiger partial charge < -0.3 is 15.2 Å². The number of rotatable bonds is 5. The Bertz CT molecular complexity index is 1030. The molecule has 2 amide bonds. The summed E-state index contributed by atoms with van der Waals surface area (Å²) in [7, 11) is 0. The highest BCUT2D eigenvalue weighted by Gasteiger charge is 2.16. The van der Waals surface area contributed by atoms with Gasteiger partial charge in [0.2, 0.25) is 5.76 Å². The molecule has 0 aliphatic carbocycles. The van der Waals surface area contributed by atoms with Crippen LogP contribution >= 0.6 is 11.6 Å². The van der Waals surface area contributed by atoms with Gasteiger partial charge in [-0.1, -0.05) is 35.0 Å². The van der Waals surface area contributed by atoms with Crippen molar-refractivity contribution in [2.24, 2.45) is 0 Å². The summed E-state index contributed by atoms with van der Waals surface area (Å²) < 4.78 is 5.16. The van der Waals surface area contributed by atoms with Gasteiger partial charge in [-0.2, -0.15) is 0 Å². The van der Waals surface area contributed by atoms with E-state index in [2.05, 4.69) is 15.8 Å². The van der Waals surface area contributed by atoms with Gasteiger partial charge in [0.05, 0.1) is 0 Å². The normalized spacial score (nSPS) is 10.8. The Kier molecular flexibility index (Phi) is 5.80. The van der Waals surface area contributed by atoms with Crippen LogP contribution in [0.4, 0.5) is 5.69 Å². The minimum Gasteiger partial charge on any atom is -0.350 e. The fourth-order valence-corrected chi connectivity index (χ4v) is 2.83.